The van der Waals surface area contributed by atoms with Crippen LogP contribution in [0.15, 0.2) is 55.5 Å². The lowest BCUT2D eigenvalue weighted by molar-refractivity contribution is 0.304. The average molecular weight is 448 g/mol. The number of rotatable bonds is 7. The molecule has 1 aromatic heterocycles. The fraction of sp³-hybridized carbons (Fsp3) is 0.333. The van der Waals surface area contributed by atoms with E-state index in [-0.39, 0.29) is 27.4 Å². The van der Waals surface area contributed by atoms with Gasteiger partial charge < -0.3 is 20.2 Å². The summed E-state index contributed by atoms with van der Waals surface area (Å²) in [5, 5.41) is 16.3. The standard InChI is InChI=1S/C21H25N3O6S/c1-21(2,3)20(13-9-7-11-30-13)23-16-15(18(26)19(16)27)22-12-8-6-10-14(17(12)25)31(28,29)24(4)5/h6-11,20,22-23,25H,1-5H3. The first-order valence-electron chi connectivity index (χ1n) is 9.50. The number of anilines is 3. The minimum absolute atomic E-state index is 0.0108. The van der Waals surface area contributed by atoms with E-state index in [1.54, 1.807) is 12.1 Å². The van der Waals surface area contributed by atoms with Gasteiger partial charge in [0.2, 0.25) is 10.0 Å². The maximum atomic E-state index is 12.4. The van der Waals surface area contributed by atoms with Crippen molar-refractivity contribution in [1.82, 2.24) is 4.31 Å². The van der Waals surface area contributed by atoms with Gasteiger partial charge in [-0.15, -0.1) is 0 Å². The van der Waals surface area contributed by atoms with Crippen molar-refractivity contribution in [2.45, 2.75) is 31.7 Å². The predicted octanol–water partition coefficient (Wildman–Crippen LogP) is 2.77. The number of para-hydroxylation sites is 1. The van der Waals surface area contributed by atoms with E-state index in [4.69, 9.17) is 4.42 Å². The van der Waals surface area contributed by atoms with Gasteiger partial charge in [-0.25, -0.2) is 12.7 Å². The zero-order valence-electron chi connectivity index (χ0n) is 17.9. The van der Waals surface area contributed by atoms with Crippen LogP contribution in [-0.2, 0) is 10.0 Å². The van der Waals surface area contributed by atoms with Crippen LogP contribution in [0.1, 0.15) is 32.6 Å². The molecule has 1 unspecified atom stereocenters. The zero-order chi connectivity index (χ0) is 23.1. The second kappa shape index (κ2) is 7.86. The number of aromatic hydroxyl groups is 1. The van der Waals surface area contributed by atoms with Crippen molar-refractivity contribution in [3.8, 4) is 5.75 Å². The summed E-state index contributed by atoms with van der Waals surface area (Å²) in [6, 6.07) is 7.18. The van der Waals surface area contributed by atoms with Crippen molar-refractivity contribution < 1.29 is 17.9 Å². The van der Waals surface area contributed by atoms with Crippen LogP contribution in [0.25, 0.3) is 0 Å². The average Bonchev–Trinajstić information content (AvgIpc) is 3.20. The molecule has 0 aliphatic rings. The van der Waals surface area contributed by atoms with E-state index in [9.17, 15) is 23.1 Å². The monoisotopic (exact) mass is 447 g/mol. The summed E-state index contributed by atoms with van der Waals surface area (Å²) in [4.78, 5) is 24.2. The number of nitrogens with one attached hydrogen (secondary N) is 2. The molecule has 1 heterocycles. The third-order valence-corrected chi connectivity index (χ3v) is 6.76. The van der Waals surface area contributed by atoms with Crippen LogP contribution in [-0.4, -0.2) is 31.9 Å². The van der Waals surface area contributed by atoms with Gasteiger partial charge in [-0.05, 0) is 29.7 Å². The maximum absolute atomic E-state index is 12.4. The van der Waals surface area contributed by atoms with Crippen molar-refractivity contribution in [2.24, 2.45) is 5.41 Å². The Kier molecular flexibility index (Phi) is 5.72. The lowest BCUT2D eigenvalue weighted by atomic mass is 9.85. The summed E-state index contributed by atoms with van der Waals surface area (Å²) < 4.78 is 31.3. The van der Waals surface area contributed by atoms with Gasteiger partial charge in [0.1, 0.15) is 22.0 Å². The third kappa shape index (κ3) is 4.08. The Morgan fingerprint density at radius 3 is 2.23 bits per heavy atom. The molecule has 0 bridgehead atoms. The van der Waals surface area contributed by atoms with E-state index < -0.39 is 32.7 Å². The van der Waals surface area contributed by atoms with E-state index in [1.807, 2.05) is 20.8 Å². The Morgan fingerprint density at radius 1 is 1.03 bits per heavy atom. The van der Waals surface area contributed by atoms with E-state index >= 15 is 0 Å². The molecule has 0 spiro atoms. The highest BCUT2D eigenvalue weighted by Gasteiger charge is 2.33. The van der Waals surface area contributed by atoms with Crippen LogP contribution in [0.3, 0.4) is 0 Å². The van der Waals surface area contributed by atoms with E-state index in [2.05, 4.69) is 10.6 Å². The van der Waals surface area contributed by atoms with Crippen molar-refractivity contribution >= 4 is 27.1 Å². The first-order valence-corrected chi connectivity index (χ1v) is 10.9. The summed E-state index contributed by atoms with van der Waals surface area (Å²) in [5.74, 6) is 0.0435. The summed E-state index contributed by atoms with van der Waals surface area (Å²) in [7, 11) is -1.23. The fourth-order valence-corrected chi connectivity index (χ4v) is 4.12. The van der Waals surface area contributed by atoms with Crippen molar-refractivity contribution in [1.29, 1.82) is 0 Å². The number of furan rings is 1. The summed E-state index contributed by atoms with van der Waals surface area (Å²) in [5.41, 5.74) is -1.86. The van der Waals surface area contributed by atoms with Gasteiger partial charge in [0, 0.05) is 14.1 Å². The molecule has 2 aromatic carbocycles. The molecule has 0 saturated carbocycles. The zero-order valence-corrected chi connectivity index (χ0v) is 18.7. The molecule has 0 aliphatic heterocycles. The number of sulfonamides is 1. The molecular weight excluding hydrogens is 422 g/mol. The number of phenols is 1. The first kappa shape index (κ1) is 22.6. The minimum Gasteiger partial charge on any atom is -0.504 e. The van der Waals surface area contributed by atoms with Gasteiger partial charge in [0.05, 0.1) is 18.0 Å². The van der Waals surface area contributed by atoms with Crippen LogP contribution in [0.4, 0.5) is 17.1 Å². The normalized spacial score (nSPS) is 13.5. The molecule has 0 amide bonds. The molecule has 0 aliphatic carbocycles. The van der Waals surface area contributed by atoms with E-state index in [0.29, 0.717) is 5.76 Å². The van der Waals surface area contributed by atoms with Crippen LogP contribution < -0.4 is 21.5 Å². The minimum atomic E-state index is -3.91. The molecule has 0 saturated heterocycles. The molecule has 166 valence electrons. The number of hydrogen-bond donors (Lipinski definition) is 3. The molecule has 3 N–H and O–H groups in total. The predicted molar refractivity (Wildman–Crippen MR) is 118 cm³/mol. The van der Waals surface area contributed by atoms with Crippen LogP contribution >= 0.6 is 0 Å². The lowest BCUT2D eigenvalue weighted by Gasteiger charge is -2.31. The number of benzene rings is 1. The van der Waals surface area contributed by atoms with Gasteiger partial charge in [0.15, 0.2) is 5.75 Å². The van der Waals surface area contributed by atoms with Crippen LogP contribution in [0.5, 0.6) is 5.75 Å². The Hall–Kier alpha value is -3.11. The second-order valence-corrected chi connectivity index (χ2v) is 10.6. The molecule has 0 fully saturated rings. The van der Waals surface area contributed by atoms with Gasteiger partial charge in [0.25, 0.3) is 10.9 Å². The van der Waals surface area contributed by atoms with E-state index in [0.717, 1.165) is 4.31 Å². The number of hydrogen-bond acceptors (Lipinski definition) is 8. The Bertz CT molecular complexity index is 1260. The summed E-state index contributed by atoms with van der Waals surface area (Å²) in [6.45, 7) is 5.85. The van der Waals surface area contributed by atoms with Crippen molar-refractivity contribution in [3.05, 3.63) is 62.8 Å². The smallest absolute Gasteiger partial charge is 0.253 e. The van der Waals surface area contributed by atoms with Gasteiger partial charge in [-0.1, -0.05) is 26.8 Å². The Labute approximate surface area is 180 Å². The fourth-order valence-electron chi connectivity index (χ4n) is 3.13. The Balaban J connectivity index is 1.99. The largest absolute Gasteiger partial charge is 0.504 e. The SMILES string of the molecule is CN(C)S(=O)(=O)c1cccc(Nc2c(NC(c3ccco3)C(C)(C)C)c(=O)c2=O)c1O. The highest BCUT2D eigenvalue weighted by molar-refractivity contribution is 7.89. The van der Waals surface area contributed by atoms with Gasteiger partial charge >= 0.3 is 0 Å². The Morgan fingerprint density at radius 2 is 1.68 bits per heavy atom. The molecule has 9 nitrogen and oxygen atoms in total. The number of nitrogens with zero attached hydrogens (tertiary/aromatic N) is 1. The molecule has 31 heavy (non-hydrogen) atoms. The topological polar surface area (TPSA) is 129 Å². The summed E-state index contributed by atoms with van der Waals surface area (Å²) >= 11 is 0. The quantitative estimate of drug-likeness (QED) is 0.372. The maximum Gasteiger partial charge on any atom is 0.253 e. The molecular formula is C21H25N3O6S. The summed E-state index contributed by atoms with van der Waals surface area (Å²) in [6.07, 6.45) is 1.52. The molecule has 3 aromatic rings. The highest BCUT2D eigenvalue weighted by atomic mass is 32.2. The van der Waals surface area contributed by atoms with Crippen molar-refractivity contribution in [3.63, 3.8) is 0 Å². The molecule has 10 heteroatoms. The second-order valence-electron chi connectivity index (χ2n) is 8.43. The highest BCUT2D eigenvalue weighted by Crippen LogP contribution is 2.39. The van der Waals surface area contributed by atoms with Gasteiger partial charge in [-0.2, -0.15) is 0 Å². The molecule has 0 radical (unpaired) electrons. The van der Waals surface area contributed by atoms with Crippen LogP contribution in [0, 0.1) is 5.41 Å². The lowest BCUT2D eigenvalue weighted by Crippen LogP contribution is -2.39. The third-order valence-electron chi connectivity index (χ3n) is 4.91. The molecule has 1 atom stereocenters. The van der Waals surface area contributed by atoms with Crippen LogP contribution in [0.2, 0.25) is 0 Å². The molecule has 3 rings (SSSR count). The van der Waals surface area contributed by atoms with E-state index in [1.165, 1.54) is 38.6 Å². The first-order chi connectivity index (χ1) is 14.4. The van der Waals surface area contributed by atoms with Crippen molar-refractivity contribution in [2.75, 3.05) is 24.7 Å². The number of phenolic OH excluding ortho intramolecular Hbond substituents is 1. The van der Waals surface area contributed by atoms with Gasteiger partial charge in [-0.3, -0.25) is 9.59 Å².